The minimum absolute atomic E-state index is 0.00381. The molecule has 0 fully saturated rings. The number of carbonyl (C=O) groups is 1. The number of phenolic OH excluding ortho intramolecular Hbond substituents is 2. The second kappa shape index (κ2) is 6.81. The van der Waals surface area contributed by atoms with Crippen LogP contribution in [0.4, 0.5) is 0 Å². The third-order valence-corrected chi connectivity index (χ3v) is 2.63. The van der Waals surface area contributed by atoms with Gasteiger partial charge in [-0.05, 0) is 18.1 Å². The molecule has 0 aliphatic heterocycles. The number of hydrogen-bond acceptors (Lipinski definition) is 6. The number of methoxy groups -OCH3 is 1. The van der Waals surface area contributed by atoms with Gasteiger partial charge in [-0.3, -0.25) is 4.79 Å². The minimum Gasteiger partial charge on any atom is -0.504 e. The van der Waals surface area contributed by atoms with Gasteiger partial charge >= 0.3 is 0 Å². The molecule has 0 saturated heterocycles. The SMILES string of the molecule is COc1c(O)ccc(CCNC(=O)[C@@H](N)CO)c1O. The predicted octanol–water partition coefficient (Wildman–Crippen LogP) is -0.915. The Kier molecular flexibility index (Phi) is 5.40. The number of aliphatic hydroxyl groups excluding tert-OH is 1. The number of hydrogen-bond donors (Lipinski definition) is 5. The monoisotopic (exact) mass is 270 g/mol. The van der Waals surface area contributed by atoms with Gasteiger partial charge < -0.3 is 31.1 Å². The first-order chi connectivity index (χ1) is 9.01. The smallest absolute Gasteiger partial charge is 0.239 e. The quantitative estimate of drug-likeness (QED) is 0.455. The highest BCUT2D eigenvalue weighted by Gasteiger charge is 2.14. The number of rotatable bonds is 6. The maximum atomic E-state index is 11.3. The van der Waals surface area contributed by atoms with Crippen LogP contribution in [-0.2, 0) is 11.2 Å². The molecule has 0 unspecified atom stereocenters. The fourth-order valence-electron chi connectivity index (χ4n) is 1.54. The summed E-state index contributed by atoms with van der Waals surface area (Å²) in [5, 5.41) is 30.5. The summed E-state index contributed by atoms with van der Waals surface area (Å²) in [6.07, 6.45) is 0.340. The van der Waals surface area contributed by atoms with E-state index in [1.54, 1.807) is 0 Å². The molecule has 0 aromatic heterocycles. The molecule has 7 heteroatoms. The Labute approximate surface area is 110 Å². The zero-order valence-electron chi connectivity index (χ0n) is 10.6. The Bertz CT molecular complexity index is 450. The summed E-state index contributed by atoms with van der Waals surface area (Å²) in [4.78, 5) is 11.3. The highest BCUT2D eigenvalue weighted by atomic mass is 16.5. The highest BCUT2D eigenvalue weighted by Crippen LogP contribution is 2.38. The van der Waals surface area contributed by atoms with E-state index in [2.05, 4.69) is 5.32 Å². The van der Waals surface area contributed by atoms with E-state index in [0.717, 1.165) is 0 Å². The predicted molar refractivity (Wildman–Crippen MR) is 68.1 cm³/mol. The minimum atomic E-state index is -0.956. The second-order valence-electron chi connectivity index (χ2n) is 3.96. The first-order valence-electron chi connectivity index (χ1n) is 5.73. The molecule has 1 aromatic rings. The molecule has 0 aliphatic carbocycles. The molecular formula is C12H18N2O5. The number of aromatic hydroxyl groups is 2. The molecule has 0 saturated carbocycles. The molecule has 1 rings (SSSR count). The molecule has 19 heavy (non-hydrogen) atoms. The van der Waals surface area contributed by atoms with Gasteiger partial charge in [0.05, 0.1) is 13.7 Å². The van der Waals surface area contributed by atoms with Crippen molar-refractivity contribution < 1.29 is 24.9 Å². The maximum absolute atomic E-state index is 11.3. The molecule has 1 aromatic carbocycles. The van der Waals surface area contributed by atoms with Crippen LogP contribution >= 0.6 is 0 Å². The van der Waals surface area contributed by atoms with Crippen LogP contribution in [-0.4, -0.2) is 47.5 Å². The highest BCUT2D eigenvalue weighted by molar-refractivity contribution is 5.81. The van der Waals surface area contributed by atoms with Gasteiger partial charge in [-0.2, -0.15) is 0 Å². The molecule has 7 nitrogen and oxygen atoms in total. The maximum Gasteiger partial charge on any atom is 0.239 e. The number of carbonyl (C=O) groups excluding carboxylic acids is 1. The van der Waals surface area contributed by atoms with E-state index in [4.69, 9.17) is 15.6 Å². The van der Waals surface area contributed by atoms with Crippen molar-refractivity contribution in [1.29, 1.82) is 0 Å². The number of nitrogens with one attached hydrogen (secondary N) is 1. The fourth-order valence-corrected chi connectivity index (χ4v) is 1.54. The summed E-state index contributed by atoms with van der Waals surface area (Å²) in [7, 11) is 1.33. The Hall–Kier alpha value is -1.99. The van der Waals surface area contributed by atoms with Crippen molar-refractivity contribution in [2.45, 2.75) is 12.5 Å². The van der Waals surface area contributed by atoms with Crippen molar-refractivity contribution in [3.05, 3.63) is 17.7 Å². The van der Waals surface area contributed by atoms with Gasteiger partial charge in [0.1, 0.15) is 6.04 Å². The van der Waals surface area contributed by atoms with Crippen molar-refractivity contribution in [2.24, 2.45) is 5.73 Å². The summed E-state index contributed by atoms with van der Waals surface area (Å²) >= 11 is 0. The number of amides is 1. The van der Waals surface area contributed by atoms with Gasteiger partial charge in [0, 0.05) is 6.54 Å². The lowest BCUT2D eigenvalue weighted by Crippen LogP contribution is -2.43. The summed E-state index contributed by atoms with van der Waals surface area (Å²) in [6, 6.07) is 1.98. The van der Waals surface area contributed by atoms with Crippen LogP contribution in [0.1, 0.15) is 5.56 Å². The standard InChI is InChI=1S/C12H18N2O5/c1-19-11-9(16)3-2-7(10(11)17)4-5-14-12(18)8(13)6-15/h2-3,8,15-17H,4-6,13H2,1H3,(H,14,18)/t8-/m0/s1. The van der Waals surface area contributed by atoms with Crippen molar-refractivity contribution in [3.8, 4) is 17.2 Å². The van der Waals surface area contributed by atoms with Crippen LogP contribution < -0.4 is 15.8 Å². The average Bonchev–Trinajstić information content (AvgIpc) is 2.40. The number of nitrogens with two attached hydrogens (primary N) is 1. The van der Waals surface area contributed by atoms with E-state index >= 15 is 0 Å². The first-order valence-corrected chi connectivity index (χ1v) is 5.73. The summed E-state index contributed by atoms with van der Waals surface area (Å²) in [6.45, 7) is -0.182. The van der Waals surface area contributed by atoms with E-state index in [1.807, 2.05) is 0 Å². The number of benzene rings is 1. The van der Waals surface area contributed by atoms with Gasteiger partial charge in [0.2, 0.25) is 11.7 Å². The van der Waals surface area contributed by atoms with Gasteiger partial charge in [-0.1, -0.05) is 6.07 Å². The molecule has 1 atom stereocenters. The Morgan fingerprint density at radius 2 is 2.16 bits per heavy atom. The summed E-state index contributed by atoms with van der Waals surface area (Å²) < 4.78 is 4.86. The third kappa shape index (κ3) is 3.73. The first kappa shape index (κ1) is 15.1. The second-order valence-corrected chi connectivity index (χ2v) is 3.96. The van der Waals surface area contributed by atoms with Gasteiger partial charge in [0.15, 0.2) is 11.5 Å². The van der Waals surface area contributed by atoms with Crippen molar-refractivity contribution >= 4 is 5.91 Å². The Morgan fingerprint density at radius 1 is 1.47 bits per heavy atom. The average molecular weight is 270 g/mol. The van der Waals surface area contributed by atoms with Gasteiger partial charge in [-0.25, -0.2) is 0 Å². The third-order valence-electron chi connectivity index (χ3n) is 2.63. The molecule has 0 radical (unpaired) electrons. The molecule has 1 amide bonds. The molecule has 0 aliphatic rings. The largest absolute Gasteiger partial charge is 0.504 e. The number of aliphatic hydroxyl groups is 1. The van der Waals surface area contributed by atoms with Crippen molar-refractivity contribution in [1.82, 2.24) is 5.32 Å². The molecular weight excluding hydrogens is 252 g/mol. The van der Waals surface area contributed by atoms with Crippen LogP contribution in [0.2, 0.25) is 0 Å². The molecule has 6 N–H and O–H groups in total. The van der Waals surface area contributed by atoms with Crippen LogP contribution in [0.25, 0.3) is 0 Å². The zero-order valence-corrected chi connectivity index (χ0v) is 10.6. The Morgan fingerprint density at radius 3 is 2.74 bits per heavy atom. The summed E-state index contributed by atoms with van der Waals surface area (Å²) in [5.74, 6) is -0.790. The van der Waals surface area contributed by atoms with Crippen LogP contribution in [0.3, 0.4) is 0 Å². The van der Waals surface area contributed by atoms with Crippen LogP contribution in [0.15, 0.2) is 12.1 Å². The van der Waals surface area contributed by atoms with Gasteiger partial charge in [-0.15, -0.1) is 0 Å². The Balaban J connectivity index is 2.62. The molecule has 0 bridgehead atoms. The molecule has 0 heterocycles. The van der Waals surface area contributed by atoms with Crippen LogP contribution in [0.5, 0.6) is 17.2 Å². The lowest BCUT2D eigenvalue weighted by atomic mass is 10.1. The summed E-state index contributed by atoms with van der Waals surface area (Å²) in [5.41, 5.74) is 5.85. The normalized spacial score (nSPS) is 11.9. The van der Waals surface area contributed by atoms with E-state index < -0.39 is 18.6 Å². The number of phenols is 2. The zero-order chi connectivity index (χ0) is 14.4. The van der Waals surface area contributed by atoms with E-state index in [-0.39, 0.29) is 23.8 Å². The molecule has 106 valence electrons. The van der Waals surface area contributed by atoms with E-state index in [9.17, 15) is 15.0 Å². The van der Waals surface area contributed by atoms with Gasteiger partial charge in [0.25, 0.3) is 0 Å². The van der Waals surface area contributed by atoms with Crippen LogP contribution in [0, 0.1) is 0 Å². The topological polar surface area (TPSA) is 125 Å². The van der Waals surface area contributed by atoms with E-state index in [0.29, 0.717) is 12.0 Å². The van der Waals surface area contributed by atoms with Crippen molar-refractivity contribution in [2.75, 3.05) is 20.3 Å². The van der Waals surface area contributed by atoms with E-state index in [1.165, 1.54) is 19.2 Å². The number of ether oxygens (including phenoxy) is 1. The fraction of sp³-hybridized carbons (Fsp3) is 0.417. The lowest BCUT2D eigenvalue weighted by molar-refractivity contribution is -0.123. The van der Waals surface area contributed by atoms with Crippen molar-refractivity contribution in [3.63, 3.8) is 0 Å². The lowest BCUT2D eigenvalue weighted by Gasteiger charge is -2.12. The molecule has 0 spiro atoms.